The molecule has 0 bridgehead atoms. The summed E-state index contributed by atoms with van der Waals surface area (Å²) < 4.78 is 4.88. The zero-order chi connectivity index (χ0) is 27.5. The van der Waals surface area contributed by atoms with Crippen molar-refractivity contribution in [2.75, 3.05) is 27.4 Å². The summed E-state index contributed by atoms with van der Waals surface area (Å²) in [5, 5.41) is 14.6. The molecule has 208 valence electrons. The third kappa shape index (κ3) is 5.30. The molecular weight excluding hydrogens is 504 g/mol. The van der Waals surface area contributed by atoms with Crippen molar-refractivity contribution in [3.63, 3.8) is 0 Å². The summed E-state index contributed by atoms with van der Waals surface area (Å²) in [6.07, 6.45) is 8.97. The molecule has 1 unspecified atom stereocenters. The maximum absolute atomic E-state index is 11.8. The van der Waals surface area contributed by atoms with E-state index in [0.717, 1.165) is 34.8 Å². The minimum absolute atomic E-state index is 0.128. The number of tetrazole rings is 1. The van der Waals surface area contributed by atoms with Crippen molar-refractivity contribution in [1.29, 1.82) is 0 Å². The molecule has 0 radical (unpaired) electrons. The number of hydrogen-bond donors (Lipinski definition) is 1. The van der Waals surface area contributed by atoms with Gasteiger partial charge in [0, 0.05) is 31.9 Å². The first kappa shape index (κ1) is 26.0. The number of aromatic nitrogens is 4. The Morgan fingerprint density at radius 1 is 1.05 bits per heavy atom. The molecule has 3 aliphatic rings. The van der Waals surface area contributed by atoms with Gasteiger partial charge < -0.3 is 19.4 Å². The van der Waals surface area contributed by atoms with Crippen LogP contribution in [0.2, 0.25) is 0 Å². The minimum atomic E-state index is -0.190. The number of nitrogens with one attached hydrogen (secondary N) is 1. The molecule has 10 nitrogen and oxygen atoms in total. The maximum atomic E-state index is 11.8. The fourth-order valence-corrected chi connectivity index (χ4v) is 6.15. The number of rotatable bonds is 8. The van der Waals surface area contributed by atoms with E-state index in [1.807, 2.05) is 18.2 Å². The van der Waals surface area contributed by atoms with Crippen molar-refractivity contribution in [2.45, 2.75) is 51.2 Å². The standard InChI is InChI=1S/C30H36N8O2/c1-36-20-37(17-16-27(39)40-2)19-26-30(36)31-29(23-8-4-3-5-9-23)38(26)18-21-12-14-22(15-13-21)24-10-6-7-11-25(24)28-32-34-35-33-28/h6-7,10-15,19,23,29H,3-5,8-9,16-18,20H2,1-2H3,(H,32,33,34,35). The van der Waals surface area contributed by atoms with Crippen LogP contribution in [-0.4, -0.2) is 80.7 Å². The van der Waals surface area contributed by atoms with Gasteiger partial charge >= 0.3 is 5.97 Å². The number of H-pyrrole nitrogens is 1. The number of fused-ring (bicyclic) bond motifs is 1. The number of carbonyl (C=O) groups is 1. The number of aliphatic imine (C=N–C) groups is 1. The molecule has 3 heterocycles. The number of amidine groups is 1. The molecule has 10 heteroatoms. The van der Waals surface area contributed by atoms with E-state index in [4.69, 9.17) is 9.73 Å². The summed E-state index contributed by atoms with van der Waals surface area (Å²) in [5.74, 6) is 1.99. The van der Waals surface area contributed by atoms with Gasteiger partial charge in [-0.2, -0.15) is 5.21 Å². The zero-order valence-electron chi connectivity index (χ0n) is 23.2. The molecule has 40 heavy (non-hydrogen) atoms. The van der Waals surface area contributed by atoms with E-state index in [1.54, 1.807) is 0 Å². The van der Waals surface area contributed by atoms with E-state index in [2.05, 4.69) is 78.9 Å². The predicted molar refractivity (Wildman–Crippen MR) is 152 cm³/mol. The maximum Gasteiger partial charge on any atom is 0.307 e. The lowest BCUT2D eigenvalue weighted by atomic mass is 9.86. The van der Waals surface area contributed by atoms with Crippen molar-refractivity contribution in [2.24, 2.45) is 10.9 Å². The Labute approximate surface area is 234 Å². The first-order chi connectivity index (χ1) is 19.6. The van der Waals surface area contributed by atoms with Gasteiger partial charge in [0.25, 0.3) is 0 Å². The summed E-state index contributed by atoms with van der Waals surface area (Å²) >= 11 is 0. The Hall–Kier alpha value is -4.21. The van der Waals surface area contributed by atoms with Crippen LogP contribution in [0.4, 0.5) is 0 Å². The Bertz CT molecular complexity index is 1380. The van der Waals surface area contributed by atoms with Gasteiger partial charge in [-0.25, -0.2) is 4.99 Å². The van der Waals surface area contributed by atoms with Crippen LogP contribution in [0.15, 0.2) is 65.4 Å². The molecule has 1 aliphatic carbocycles. The van der Waals surface area contributed by atoms with Crippen molar-refractivity contribution in [3.8, 4) is 22.5 Å². The van der Waals surface area contributed by atoms with Crippen molar-refractivity contribution in [1.82, 2.24) is 35.3 Å². The monoisotopic (exact) mass is 540 g/mol. The predicted octanol–water partition coefficient (Wildman–Crippen LogP) is 4.26. The molecule has 2 aliphatic heterocycles. The van der Waals surface area contributed by atoms with Gasteiger partial charge in [0.15, 0.2) is 5.84 Å². The molecule has 3 aromatic rings. The second kappa shape index (κ2) is 11.5. The number of aromatic amines is 1. The van der Waals surface area contributed by atoms with Crippen LogP contribution in [0.3, 0.4) is 0 Å². The third-order valence-electron chi connectivity index (χ3n) is 8.21. The number of carbonyl (C=O) groups excluding carboxylic acids is 1. The molecular formula is C30H36N8O2. The fraction of sp³-hybridized carbons (Fsp3) is 0.433. The lowest BCUT2D eigenvalue weighted by Gasteiger charge is -2.38. The molecule has 1 aromatic heterocycles. The molecule has 1 N–H and O–H groups in total. The van der Waals surface area contributed by atoms with Gasteiger partial charge in [0.2, 0.25) is 5.82 Å². The van der Waals surface area contributed by atoms with Gasteiger partial charge in [-0.15, -0.1) is 10.2 Å². The number of methoxy groups -OCH3 is 1. The van der Waals surface area contributed by atoms with Gasteiger partial charge in [0.1, 0.15) is 6.17 Å². The molecule has 1 fully saturated rings. The average molecular weight is 541 g/mol. The highest BCUT2D eigenvalue weighted by Crippen LogP contribution is 2.38. The minimum Gasteiger partial charge on any atom is -0.469 e. The molecule has 0 spiro atoms. The molecule has 1 atom stereocenters. The van der Waals surface area contributed by atoms with Crippen LogP contribution in [0.5, 0.6) is 0 Å². The van der Waals surface area contributed by atoms with E-state index >= 15 is 0 Å². The SMILES string of the molecule is COC(=O)CCN1C=C2C(=NC(C3CCCCC3)N2Cc2ccc(-c3ccccc3-c3nn[nH]n3)cc2)N(C)C1. The first-order valence-corrected chi connectivity index (χ1v) is 14.1. The second-order valence-corrected chi connectivity index (χ2v) is 10.9. The van der Waals surface area contributed by atoms with E-state index in [0.29, 0.717) is 31.4 Å². The highest BCUT2D eigenvalue weighted by atomic mass is 16.5. The van der Waals surface area contributed by atoms with Gasteiger partial charge in [-0.3, -0.25) is 4.79 Å². The Balaban J connectivity index is 1.27. The zero-order valence-corrected chi connectivity index (χ0v) is 23.2. The quantitative estimate of drug-likeness (QED) is 0.423. The van der Waals surface area contributed by atoms with Gasteiger partial charge in [-0.05, 0) is 40.7 Å². The summed E-state index contributed by atoms with van der Waals surface area (Å²) in [6.45, 7) is 2.09. The molecule has 1 saturated carbocycles. The molecule has 6 rings (SSSR count). The first-order valence-electron chi connectivity index (χ1n) is 14.1. The van der Waals surface area contributed by atoms with Crippen LogP contribution in [-0.2, 0) is 16.1 Å². The van der Waals surface area contributed by atoms with Crippen LogP contribution >= 0.6 is 0 Å². The summed E-state index contributed by atoms with van der Waals surface area (Å²) in [5.41, 5.74) is 5.49. The number of likely N-dealkylation sites (N-methyl/N-ethyl adjacent to an activating group) is 1. The number of benzene rings is 2. The lowest BCUT2D eigenvalue weighted by molar-refractivity contribution is -0.140. The number of nitrogens with zero attached hydrogens (tertiary/aromatic N) is 7. The fourth-order valence-electron chi connectivity index (χ4n) is 6.15. The largest absolute Gasteiger partial charge is 0.469 e. The summed E-state index contributed by atoms with van der Waals surface area (Å²) in [6, 6.07) is 16.9. The Kier molecular flexibility index (Phi) is 7.48. The van der Waals surface area contributed by atoms with Gasteiger partial charge in [-0.1, -0.05) is 67.8 Å². The van der Waals surface area contributed by atoms with E-state index in [-0.39, 0.29) is 12.1 Å². The smallest absolute Gasteiger partial charge is 0.307 e. The highest BCUT2D eigenvalue weighted by molar-refractivity contribution is 6.00. The normalized spacial score (nSPS) is 19.4. The summed E-state index contributed by atoms with van der Waals surface area (Å²) in [7, 11) is 3.53. The third-order valence-corrected chi connectivity index (χ3v) is 8.21. The van der Waals surface area contributed by atoms with E-state index < -0.39 is 0 Å². The van der Waals surface area contributed by atoms with E-state index in [9.17, 15) is 4.79 Å². The van der Waals surface area contributed by atoms with Crippen molar-refractivity contribution >= 4 is 11.8 Å². The topological polar surface area (TPSA) is 103 Å². The molecule has 0 amide bonds. The van der Waals surface area contributed by atoms with Crippen LogP contribution in [0.25, 0.3) is 22.5 Å². The highest BCUT2D eigenvalue weighted by Gasteiger charge is 2.40. The van der Waals surface area contributed by atoms with Crippen molar-refractivity contribution < 1.29 is 9.53 Å². The average Bonchev–Trinajstić information content (AvgIpc) is 3.66. The Morgan fingerprint density at radius 3 is 2.55 bits per heavy atom. The molecule has 2 aromatic carbocycles. The molecule has 0 saturated heterocycles. The van der Waals surface area contributed by atoms with Crippen LogP contribution in [0, 0.1) is 5.92 Å². The number of esters is 1. The van der Waals surface area contributed by atoms with E-state index in [1.165, 1.54) is 44.8 Å². The van der Waals surface area contributed by atoms with Crippen molar-refractivity contribution in [3.05, 3.63) is 66.0 Å². The lowest BCUT2D eigenvalue weighted by Crippen LogP contribution is -2.45. The van der Waals surface area contributed by atoms with Gasteiger partial charge in [0.05, 0.1) is 25.9 Å². The Morgan fingerprint density at radius 2 is 1.82 bits per heavy atom. The number of hydrogen-bond acceptors (Lipinski definition) is 9. The second-order valence-electron chi connectivity index (χ2n) is 10.9. The van der Waals surface area contributed by atoms with Crippen LogP contribution in [0.1, 0.15) is 44.1 Å². The van der Waals surface area contributed by atoms with Crippen LogP contribution < -0.4 is 0 Å². The summed E-state index contributed by atoms with van der Waals surface area (Å²) in [4.78, 5) is 24.0. The number of ether oxygens (including phenoxy) is 1.